The van der Waals surface area contributed by atoms with E-state index >= 15 is 0 Å². The van der Waals surface area contributed by atoms with Gasteiger partial charge in [-0.1, -0.05) is 23.8 Å². The van der Waals surface area contributed by atoms with Gasteiger partial charge in [0.15, 0.2) is 0 Å². The van der Waals surface area contributed by atoms with Gasteiger partial charge in [-0.15, -0.1) is 0 Å². The van der Waals surface area contributed by atoms with Gasteiger partial charge in [0.1, 0.15) is 18.1 Å². The third kappa shape index (κ3) is 8.58. The third-order valence-corrected chi connectivity index (χ3v) is 4.88. The number of amidine groups is 1. The highest BCUT2D eigenvalue weighted by Gasteiger charge is 2.18. The van der Waals surface area contributed by atoms with Gasteiger partial charge in [-0.3, -0.25) is 15.0 Å². The Labute approximate surface area is 205 Å². The van der Waals surface area contributed by atoms with Gasteiger partial charge in [0.25, 0.3) is 0 Å². The van der Waals surface area contributed by atoms with E-state index in [-0.39, 0.29) is 24.9 Å². The molecular formula is C27H31N3O5. The molecule has 0 saturated heterocycles. The van der Waals surface area contributed by atoms with E-state index in [2.05, 4.69) is 0 Å². The molecule has 0 atom stereocenters. The van der Waals surface area contributed by atoms with E-state index in [0.29, 0.717) is 29.0 Å². The lowest BCUT2D eigenvalue weighted by Gasteiger charge is -2.21. The second-order valence-electron chi connectivity index (χ2n) is 8.05. The Hall–Kier alpha value is -4.20. The molecule has 0 aliphatic rings. The fourth-order valence-electron chi connectivity index (χ4n) is 3.02. The summed E-state index contributed by atoms with van der Waals surface area (Å²) in [7, 11) is 0. The minimum atomic E-state index is -0.536. The number of carbonyl (C=O) groups excluding carboxylic acids is 3. The van der Waals surface area contributed by atoms with Crippen LogP contribution in [0.3, 0.4) is 0 Å². The van der Waals surface area contributed by atoms with Gasteiger partial charge in [-0.25, -0.2) is 4.79 Å². The summed E-state index contributed by atoms with van der Waals surface area (Å²) in [5, 5.41) is 7.40. The Balaban J connectivity index is 2.10. The van der Waals surface area contributed by atoms with Crippen LogP contribution in [0.2, 0.25) is 0 Å². The van der Waals surface area contributed by atoms with Crippen LogP contribution in [-0.2, 0) is 14.3 Å². The van der Waals surface area contributed by atoms with Crippen LogP contribution in [0.5, 0.6) is 5.75 Å². The molecule has 2 aromatic carbocycles. The van der Waals surface area contributed by atoms with Crippen LogP contribution in [0.15, 0.2) is 65.8 Å². The first-order chi connectivity index (χ1) is 16.6. The van der Waals surface area contributed by atoms with E-state index < -0.39 is 11.9 Å². The minimum absolute atomic E-state index is 0.0683. The molecule has 2 aromatic rings. The van der Waals surface area contributed by atoms with E-state index in [9.17, 15) is 14.4 Å². The molecular weight excluding hydrogens is 446 g/mol. The van der Waals surface area contributed by atoms with Gasteiger partial charge in [-0.2, -0.15) is 0 Å². The summed E-state index contributed by atoms with van der Waals surface area (Å²) in [5.74, 6) is -1.02. The average Bonchev–Trinajstić information content (AvgIpc) is 2.82. The summed E-state index contributed by atoms with van der Waals surface area (Å²) < 4.78 is 10.3. The molecule has 2 rings (SSSR count). The number of nitrogens with one attached hydrogen (secondary N) is 1. The second-order valence-corrected chi connectivity index (χ2v) is 8.05. The number of hydrogen-bond acceptors (Lipinski definition) is 6. The summed E-state index contributed by atoms with van der Waals surface area (Å²) in [4.78, 5) is 38.8. The van der Waals surface area contributed by atoms with Gasteiger partial charge >= 0.3 is 11.9 Å². The Kier molecular flexibility index (Phi) is 9.96. The predicted octanol–water partition coefficient (Wildman–Crippen LogP) is 3.95. The summed E-state index contributed by atoms with van der Waals surface area (Å²) in [6, 6.07) is 13.0. The van der Waals surface area contributed by atoms with Crippen LogP contribution >= 0.6 is 0 Å². The topological polar surface area (TPSA) is 123 Å². The number of esters is 2. The zero-order valence-electron chi connectivity index (χ0n) is 20.5. The number of nitrogens with two attached hydrogens (primary N) is 1. The molecule has 0 saturated carbocycles. The number of allylic oxidation sites excluding steroid dienone is 1. The highest BCUT2D eigenvalue weighted by molar-refractivity contribution is 5.99. The number of benzene rings is 2. The average molecular weight is 478 g/mol. The molecule has 1 amide bonds. The molecule has 8 nitrogen and oxygen atoms in total. The van der Waals surface area contributed by atoms with Crippen molar-refractivity contribution in [1.82, 2.24) is 4.90 Å². The SMILES string of the molecule is CCOC(=O)CN(CC=C(C)C)C(=O)/C(C)=C/c1ccc(C(=O)Oc2ccc(C(=N)N)cc2)cc1. The zero-order valence-corrected chi connectivity index (χ0v) is 20.5. The molecule has 0 fully saturated rings. The Morgan fingerprint density at radius 2 is 1.57 bits per heavy atom. The molecule has 0 radical (unpaired) electrons. The van der Waals surface area contributed by atoms with Gasteiger partial charge in [0, 0.05) is 17.7 Å². The molecule has 0 aromatic heterocycles. The van der Waals surface area contributed by atoms with Gasteiger partial charge in [-0.05, 0) is 75.7 Å². The Morgan fingerprint density at radius 1 is 0.971 bits per heavy atom. The molecule has 0 aliphatic carbocycles. The maximum Gasteiger partial charge on any atom is 0.343 e. The number of nitrogens with zero attached hydrogens (tertiary/aromatic N) is 1. The van der Waals surface area contributed by atoms with Crippen LogP contribution < -0.4 is 10.5 Å². The predicted molar refractivity (Wildman–Crippen MR) is 135 cm³/mol. The summed E-state index contributed by atoms with van der Waals surface area (Å²) in [6.45, 7) is 7.64. The van der Waals surface area contributed by atoms with Crippen LogP contribution in [0.25, 0.3) is 6.08 Å². The van der Waals surface area contributed by atoms with E-state index in [1.807, 2.05) is 19.9 Å². The first-order valence-electron chi connectivity index (χ1n) is 11.1. The lowest BCUT2D eigenvalue weighted by molar-refractivity contribution is -0.147. The van der Waals surface area contributed by atoms with Crippen LogP contribution in [0.1, 0.15) is 49.2 Å². The van der Waals surface area contributed by atoms with Gasteiger partial charge in [0.2, 0.25) is 5.91 Å². The number of rotatable bonds is 10. The first kappa shape index (κ1) is 27.0. The Bertz CT molecular complexity index is 1130. The lowest BCUT2D eigenvalue weighted by atomic mass is 10.1. The van der Waals surface area contributed by atoms with E-state index in [1.54, 1.807) is 68.5 Å². The first-order valence-corrected chi connectivity index (χ1v) is 11.1. The van der Waals surface area contributed by atoms with Crippen molar-refractivity contribution in [3.63, 3.8) is 0 Å². The number of carbonyl (C=O) groups is 3. The Morgan fingerprint density at radius 3 is 2.11 bits per heavy atom. The summed E-state index contributed by atoms with van der Waals surface area (Å²) in [6.07, 6.45) is 3.57. The van der Waals surface area contributed by atoms with Crippen molar-refractivity contribution in [2.75, 3.05) is 19.7 Å². The van der Waals surface area contributed by atoms with E-state index in [1.165, 1.54) is 4.90 Å². The molecule has 3 N–H and O–H groups in total. The number of amides is 1. The maximum atomic E-state index is 13.0. The smallest absolute Gasteiger partial charge is 0.343 e. The fraction of sp³-hybridized carbons (Fsp3) is 0.259. The lowest BCUT2D eigenvalue weighted by Crippen LogP contribution is -2.37. The van der Waals surface area contributed by atoms with Crippen LogP contribution in [0.4, 0.5) is 0 Å². The highest BCUT2D eigenvalue weighted by Crippen LogP contribution is 2.16. The van der Waals surface area contributed by atoms with Crippen LogP contribution in [0, 0.1) is 5.41 Å². The number of nitrogen functional groups attached to an aromatic ring is 1. The molecule has 0 bridgehead atoms. The molecule has 35 heavy (non-hydrogen) atoms. The van der Waals surface area contributed by atoms with E-state index in [0.717, 1.165) is 11.1 Å². The van der Waals surface area contributed by atoms with Crippen molar-refractivity contribution in [1.29, 1.82) is 5.41 Å². The minimum Gasteiger partial charge on any atom is -0.465 e. The molecule has 8 heteroatoms. The normalized spacial score (nSPS) is 10.8. The largest absolute Gasteiger partial charge is 0.465 e. The molecule has 0 spiro atoms. The van der Waals surface area contributed by atoms with E-state index in [4.69, 9.17) is 20.6 Å². The quantitative estimate of drug-likeness (QED) is 0.133. The van der Waals surface area contributed by atoms with Gasteiger partial charge in [0.05, 0.1) is 12.2 Å². The van der Waals surface area contributed by atoms with Crippen molar-refractivity contribution < 1.29 is 23.9 Å². The van der Waals surface area contributed by atoms with Crippen molar-refractivity contribution in [3.05, 3.63) is 82.4 Å². The molecule has 184 valence electrons. The van der Waals surface area contributed by atoms with Gasteiger partial charge < -0.3 is 20.1 Å². The number of ether oxygens (including phenoxy) is 2. The second kappa shape index (κ2) is 12.9. The monoisotopic (exact) mass is 477 g/mol. The van der Waals surface area contributed by atoms with Crippen LogP contribution in [-0.4, -0.2) is 48.3 Å². The fourth-order valence-corrected chi connectivity index (χ4v) is 3.02. The van der Waals surface area contributed by atoms with Crippen molar-refractivity contribution in [2.45, 2.75) is 27.7 Å². The van der Waals surface area contributed by atoms with Crippen molar-refractivity contribution in [2.24, 2.45) is 5.73 Å². The molecule has 0 unspecified atom stereocenters. The third-order valence-electron chi connectivity index (χ3n) is 4.88. The molecule has 0 aliphatic heterocycles. The number of hydrogen-bond donors (Lipinski definition) is 2. The molecule has 0 heterocycles. The highest BCUT2D eigenvalue weighted by atomic mass is 16.5. The maximum absolute atomic E-state index is 13.0. The summed E-state index contributed by atoms with van der Waals surface area (Å²) in [5.41, 5.74) is 8.49. The van der Waals surface area contributed by atoms with Crippen molar-refractivity contribution >= 4 is 29.8 Å². The zero-order chi connectivity index (χ0) is 26.0. The van der Waals surface area contributed by atoms with Crippen molar-refractivity contribution in [3.8, 4) is 5.75 Å². The standard InChI is InChI=1S/C27H31N3O5/c1-5-34-24(31)17-30(15-14-18(2)3)26(32)19(4)16-20-6-8-22(9-7-20)27(33)35-23-12-10-21(11-13-23)25(28)29/h6-14,16H,5,15,17H2,1-4H3,(H3,28,29)/b19-16+. The summed E-state index contributed by atoms with van der Waals surface area (Å²) >= 11 is 0.